The minimum atomic E-state index is 0.657. The highest BCUT2D eigenvalue weighted by atomic mass is 16.6. The molecule has 3 heteroatoms. The highest BCUT2D eigenvalue weighted by Crippen LogP contribution is 2.34. The van der Waals surface area contributed by atoms with E-state index in [0.29, 0.717) is 19.3 Å². The standard InChI is InChI=1S/C14H19NO2/c1-10-7-12(8-10)15-9-11-3-2-4-13-14(11)17-6-5-16-13/h2-4,10,12,15H,5-9H2,1H3. The largest absolute Gasteiger partial charge is 0.486 e. The van der Waals surface area contributed by atoms with Crippen LogP contribution in [0.25, 0.3) is 0 Å². The van der Waals surface area contributed by atoms with Crippen molar-refractivity contribution in [3.05, 3.63) is 23.8 Å². The summed E-state index contributed by atoms with van der Waals surface area (Å²) in [4.78, 5) is 0. The van der Waals surface area contributed by atoms with Crippen LogP contribution in [0.2, 0.25) is 0 Å². The molecule has 0 radical (unpaired) electrons. The van der Waals surface area contributed by atoms with Gasteiger partial charge in [-0.2, -0.15) is 0 Å². The fourth-order valence-electron chi connectivity index (χ4n) is 2.60. The summed E-state index contributed by atoms with van der Waals surface area (Å²) >= 11 is 0. The Kier molecular flexibility index (Phi) is 2.93. The van der Waals surface area contributed by atoms with Crippen LogP contribution in [0.1, 0.15) is 25.3 Å². The van der Waals surface area contributed by atoms with Gasteiger partial charge in [-0.1, -0.05) is 19.1 Å². The number of para-hydroxylation sites is 1. The summed E-state index contributed by atoms with van der Waals surface area (Å²) in [7, 11) is 0. The average molecular weight is 233 g/mol. The molecule has 3 rings (SSSR count). The zero-order valence-electron chi connectivity index (χ0n) is 10.2. The van der Waals surface area contributed by atoms with E-state index in [0.717, 1.165) is 24.0 Å². The first kappa shape index (κ1) is 10.9. The van der Waals surface area contributed by atoms with Crippen LogP contribution >= 0.6 is 0 Å². The van der Waals surface area contributed by atoms with Crippen molar-refractivity contribution in [3.63, 3.8) is 0 Å². The Morgan fingerprint density at radius 3 is 2.88 bits per heavy atom. The third-order valence-electron chi connectivity index (χ3n) is 3.60. The summed E-state index contributed by atoms with van der Waals surface area (Å²) in [6.07, 6.45) is 2.60. The van der Waals surface area contributed by atoms with Crippen molar-refractivity contribution >= 4 is 0 Å². The molecule has 1 aliphatic heterocycles. The summed E-state index contributed by atoms with van der Waals surface area (Å²) < 4.78 is 11.3. The van der Waals surface area contributed by atoms with Crippen molar-refractivity contribution in [2.24, 2.45) is 5.92 Å². The summed E-state index contributed by atoms with van der Waals surface area (Å²) in [5.74, 6) is 2.70. The van der Waals surface area contributed by atoms with E-state index >= 15 is 0 Å². The van der Waals surface area contributed by atoms with E-state index in [1.807, 2.05) is 12.1 Å². The maximum Gasteiger partial charge on any atom is 0.165 e. The number of rotatable bonds is 3. The zero-order chi connectivity index (χ0) is 11.7. The molecule has 1 aliphatic carbocycles. The minimum absolute atomic E-state index is 0.657. The second kappa shape index (κ2) is 4.57. The Morgan fingerprint density at radius 2 is 2.06 bits per heavy atom. The van der Waals surface area contributed by atoms with Crippen molar-refractivity contribution in [2.75, 3.05) is 13.2 Å². The van der Waals surface area contributed by atoms with Crippen LogP contribution in [0.3, 0.4) is 0 Å². The second-order valence-corrected chi connectivity index (χ2v) is 5.10. The minimum Gasteiger partial charge on any atom is -0.486 e. The quantitative estimate of drug-likeness (QED) is 0.869. The number of hydrogen-bond acceptors (Lipinski definition) is 3. The number of nitrogens with one attached hydrogen (secondary N) is 1. The van der Waals surface area contributed by atoms with Crippen molar-refractivity contribution < 1.29 is 9.47 Å². The van der Waals surface area contributed by atoms with E-state index in [2.05, 4.69) is 18.3 Å². The Hall–Kier alpha value is -1.22. The molecule has 1 heterocycles. The first-order valence-corrected chi connectivity index (χ1v) is 6.44. The van der Waals surface area contributed by atoms with Gasteiger partial charge in [0, 0.05) is 18.2 Å². The lowest BCUT2D eigenvalue weighted by atomic mass is 9.82. The molecule has 1 aromatic rings. The monoisotopic (exact) mass is 233 g/mol. The maximum absolute atomic E-state index is 5.69. The number of hydrogen-bond donors (Lipinski definition) is 1. The van der Waals surface area contributed by atoms with Crippen LogP contribution in [0.15, 0.2) is 18.2 Å². The summed E-state index contributed by atoms with van der Waals surface area (Å²) in [5.41, 5.74) is 1.21. The van der Waals surface area contributed by atoms with E-state index in [1.54, 1.807) is 0 Å². The molecule has 0 aromatic heterocycles. The molecule has 0 amide bonds. The first-order valence-electron chi connectivity index (χ1n) is 6.44. The molecule has 17 heavy (non-hydrogen) atoms. The fourth-order valence-corrected chi connectivity index (χ4v) is 2.60. The van der Waals surface area contributed by atoms with Gasteiger partial charge in [0.1, 0.15) is 13.2 Å². The molecular weight excluding hydrogens is 214 g/mol. The topological polar surface area (TPSA) is 30.5 Å². The second-order valence-electron chi connectivity index (χ2n) is 5.10. The van der Waals surface area contributed by atoms with Crippen LogP contribution in [-0.4, -0.2) is 19.3 Å². The molecule has 0 spiro atoms. The van der Waals surface area contributed by atoms with Gasteiger partial charge in [0.25, 0.3) is 0 Å². The van der Waals surface area contributed by atoms with E-state index in [1.165, 1.54) is 18.4 Å². The predicted molar refractivity (Wildman–Crippen MR) is 66.5 cm³/mol. The summed E-state index contributed by atoms with van der Waals surface area (Å²) in [5, 5.41) is 3.58. The van der Waals surface area contributed by atoms with Crippen LogP contribution in [-0.2, 0) is 6.54 Å². The van der Waals surface area contributed by atoms with Crippen LogP contribution in [0, 0.1) is 5.92 Å². The van der Waals surface area contributed by atoms with Crippen LogP contribution in [0.4, 0.5) is 0 Å². The smallest absolute Gasteiger partial charge is 0.165 e. The molecule has 0 atom stereocenters. The molecule has 1 fully saturated rings. The molecule has 0 saturated heterocycles. The summed E-state index contributed by atoms with van der Waals surface area (Å²) in [6.45, 7) is 4.50. The number of ether oxygens (including phenoxy) is 2. The van der Waals surface area contributed by atoms with Crippen LogP contribution < -0.4 is 14.8 Å². The van der Waals surface area contributed by atoms with Crippen molar-refractivity contribution in [1.29, 1.82) is 0 Å². The molecular formula is C14H19NO2. The average Bonchev–Trinajstić information content (AvgIpc) is 2.33. The molecule has 1 aromatic carbocycles. The van der Waals surface area contributed by atoms with Gasteiger partial charge in [0.05, 0.1) is 0 Å². The lowest BCUT2D eigenvalue weighted by molar-refractivity contribution is 0.168. The third kappa shape index (κ3) is 2.25. The Balaban J connectivity index is 1.66. The number of fused-ring (bicyclic) bond motifs is 1. The van der Waals surface area contributed by atoms with E-state index in [-0.39, 0.29) is 0 Å². The Labute approximate surface area is 102 Å². The SMILES string of the molecule is CC1CC(NCc2cccc3c2OCCO3)C1. The van der Waals surface area contributed by atoms with Gasteiger partial charge in [-0.15, -0.1) is 0 Å². The van der Waals surface area contributed by atoms with Crippen LogP contribution in [0.5, 0.6) is 11.5 Å². The molecule has 3 nitrogen and oxygen atoms in total. The van der Waals surface area contributed by atoms with Crippen molar-refractivity contribution in [2.45, 2.75) is 32.4 Å². The van der Waals surface area contributed by atoms with Gasteiger partial charge < -0.3 is 14.8 Å². The lowest BCUT2D eigenvalue weighted by Gasteiger charge is -2.33. The van der Waals surface area contributed by atoms with Gasteiger partial charge >= 0.3 is 0 Å². The normalized spacial score (nSPS) is 26.4. The molecule has 0 bridgehead atoms. The highest BCUT2D eigenvalue weighted by Gasteiger charge is 2.25. The van der Waals surface area contributed by atoms with Gasteiger partial charge in [0.2, 0.25) is 0 Å². The maximum atomic E-state index is 5.69. The number of benzene rings is 1. The van der Waals surface area contributed by atoms with Crippen molar-refractivity contribution in [1.82, 2.24) is 5.32 Å². The Bertz CT molecular complexity index is 399. The Morgan fingerprint density at radius 1 is 1.24 bits per heavy atom. The summed E-state index contributed by atoms with van der Waals surface area (Å²) in [6, 6.07) is 6.81. The molecule has 1 N–H and O–H groups in total. The predicted octanol–water partition coefficient (Wildman–Crippen LogP) is 2.35. The highest BCUT2D eigenvalue weighted by molar-refractivity contribution is 5.47. The molecule has 92 valence electrons. The van der Waals surface area contributed by atoms with E-state index in [4.69, 9.17) is 9.47 Å². The van der Waals surface area contributed by atoms with Gasteiger partial charge in [-0.25, -0.2) is 0 Å². The molecule has 2 aliphatic rings. The first-order chi connectivity index (χ1) is 8.33. The molecule has 0 unspecified atom stereocenters. The lowest BCUT2D eigenvalue weighted by Crippen LogP contribution is -2.39. The van der Waals surface area contributed by atoms with Gasteiger partial charge in [-0.05, 0) is 24.8 Å². The fraction of sp³-hybridized carbons (Fsp3) is 0.571. The molecule has 1 saturated carbocycles. The van der Waals surface area contributed by atoms with Gasteiger partial charge in [0.15, 0.2) is 11.5 Å². The van der Waals surface area contributed by atoms with E-state index < -0.39 is 0 Å². The van der Waals surface area contributed by atoms with E-state index in [9.17, 15) is 0 Å². The van der Waals surface area contributed by atoms with Gasteiger partial charge in [-0.3, -0.25) is 0 Å². The zero-order valence-corrected chi connectivity index (χ0v) is 10.2. The van der Waals surface area contributed by atoms with Crippen molar-refractivity contribution in [3.8, 4) is 11.5 Å². The third-order valence-corrected chi connectivity index (χ3v) is 3.60.